The molecule has 0 unspecified atom stereocenters. The molecule has 0 spiro atoms. The number of nitrogens with one attached hydrogen (secondary N) is 1. The molecule has 0 saturated heterocycles. The Bertz CT molecular complexity index is 1340. The first-order valence-corrected chi connectivity index (χ1v) is 11.8. The van der Waals surface area contributed by atoms with Crippen molar-refractivity contribution in [3.8, 4) is 5.75 Å². The number of halogens is 1. The Morgan fingerprint density at radius 1 is 1.20 bits per heavy atom. The van der Waals surface area contributed by atoms with Crippen molar-refractivity contribution in [2.75, 3.05) is 25.0 Å². The number of aromatic hydroxyl groups is 1. The summed E-state index contributed by atoms with van der Waals surface area (Å²) >= 11 is 6.10. The number of rotatable bonds is 6. The molecular formula is C25H25ClN6O3. The van der Waals surface area contributed by atoms with E-state index < -0.39 is 5.91 Å². The van der Waals surface area contributed by atoms with Crippen LogP contribution in [0, 0.1) is 0 Å². The Hall–Kier alpha value is -3.85. The van der Waals surface area contributed by atoms with Crippen molar-refractivity contribution in [3.05, 3.63) is 76.2 Å². The topological polar surface area (TPSA) is 103 Å². The number of carbonyl (C=O) groups is 2. The van der Waals surface area contributed by atoms with E-state index in [1.54, 1.807) is 21.6 Å². The van der Waals surface area contributed by atoms with E-state index >= 15 is 0 Å². The number of phenolic OH excluding ortho intramolecular Hbond substituents is 1. The number of nitrogens with zero attached hydrogens (tertiary/aromatic N) is 5. The van der Waals surface area contributed by atoms with Gasteiger partial charge in [-0.25, -0.2) is 9.98 Å². The molecule has 0 bridgehead atoms. The number of aliphatic imine (C=N–C) groups is 1. The number of anilines is 1. The molecule has 0 radical (unpaired) electrons. The van der Waals surface area contributed by atoms with E-state index in [9.17, 15) is 14.7 Å². The molecule has 180 valence electrons. The maximum absolute atomic E-state index is 13.7. The number of benzene rings is 2. The fraction of sp³-hybridized carbons (Fsp3) is 0.280. The molecule has 35 heavy (non-hydrogen) atoms. The first-order valence-electron chi connectivity index (χ1n) is 11.4. The van der Waals surface area contributed by atoms with Crippen LogP contribution in [0.2, 0.25) is 5.02 Å². The van der Waals surface area contributed by atoms with Crippen LogP contribution in [0.3, 0.4) is 0 Å². The summed E-state index contributed by atoms with van der Waals surface area (Å²) in [5.74, 6) is 0.414. The Morgan fingerprint density at radius 3 is 2.66 bits per heavy atom. The quantitative estimate of drug-likeness (QED) is 0.550. The van der Waals surface area contributed by atoms with Gasteiger partial charge < -0.3 is 15.0 Å². The lowest BCUT2D eigenvalue weighted by molar-refractivity contribution is 0.0836. The molecule has 2 amide bonds. The second-order valence-electron chi connectivity index (χ2n) is 8.49. The minimum absolute atomic E-state index is 0.0368. The lowest BCUT2D eigenvalue weighted by Crippen LogP contribution is -2.50. The lowest BCUT2D eigenvalue weighted by atomic mass is 10.1. The maximum atomic E-state index is 13.7. The third-order valence-electron chi connectivity index (χ3n) is 6.24. The molecule has 2 aliphatic heterocycles. The van der Waals surface area contributed by atoms with E-state index in [-0.39, 0.29) is 35.1 Å². The Kier molecular flexibility index (Phi) is 5.94. The van der Waals surface area contributed by atoms with Crippen LogP contribution in [-0.4, -0.2) is 63.5 Å². The van der Waals surface area contributed by atoms with Crippen molar-refractivity contribution < 1.29 is 14.7 Å². The Morgan fingerprint density at radius 2 is 1.97 bits per heavy atom. The number of carbonyl (C=O) groups excluding carboxylic acids is 2. The number of hydrogen-bond donors (Lipinski definition) is 2. The zero-order chi connectivity index (χ0) is 24.7. The van der Waals surface area contributed by atoms with E-state index in [1.807, 2.05) is 30.0 Å². The first-order chi connectivity index (χ1) is 16.9. The van der Waals surface area contributed by atoms with E-state index in [2.05, 4.69) is 22.4 Å². The van der Waals surface area contributed by atoms with Gasteiger partial charge in [-0.1, -0.05) is 48.0 Å². The van der Waals surface area contributed by atoms with Crippen LogP contribution in [0.25, 0.3) is 0 Å². The minimum Gasteiger partial charge on any atom is -0.506 e. The van der Waals surface area contributed by atoms with Crippen LogP contribution in [0.5, 0.6) is 5.75 Å². The Labute approximate surface area is 207 Å². The molecule has 2 aliphatic rings. The van der Waals surface area contributed by atoms with Crippen molar-refractivity contribution in [1.82, 2.24) is 19.8 Å². The fourth-order valence-corrected chi connectivity index (χ4v) is 4.78. The van der Waals surface area contributed by atoms with Crippen LogP contribution in [0.1, 0.15) is 39.2 Å². The normalized spacial score (nSPS) is 16.7. The highest BCUT2D eigenvalue weighted by atomic mass is 35.5. The number of phenols is 1. The maximum Gasteiger partial charge on any atom is 0.287 e. The predicted molar refractivity (Wildman–Crippen MR) is 133 cm³/mol. The lowest BCUT2D eigenvalue weighted by Gasteiger charge is -2.33. The fourth-order valence-electron chi connectivity index (χ4n) is 4.57. The molecule has 2 aromatic carbocycles. The summed E-state index contributed by atoms with van der Waals surface area (Å²) in [4.78, 5) is 39.5. The highest BCUT2D eigenvalue weighted by Crippen LogP contribution is 2.34. The molecule has 3 aromatic rings. The first kappa shape index (κ1) is 22.9. The zero-order valence-corrected chi connectivity index (χ0v) is 20.2. The van der Waals surface area contributed by atoms with Gasteiger partial charge in [0.15, 0.2) is 11.5 Å². The second-order valence-corrected chi connectivity index (χ2v) is 8.90. The molecule has 1 aromatic heterocycles. The van der Waals surface area contributed by atoms with Crippen molar-refractivity contribution in [2.24, 2.45) is 4.99 Å². The third-order valence-corrected chi connectivity index (χ3v) is 6.54. The average Bonchev–Trinajstić information content (AvgIpc) is 3.44. The Balaban J connectivity index is 1.57. The molecule has 1 atom stereocenters. The SMILES string of the molecule is CCN1C(=O)c2c(nc(C(=O)NC)n2Cc2ccc(O)c(Cl)c2)N2C[C@@H](Cc3ccccc3)N=C12. The summed E-state index contributed by atoms with van der Waals surface area (Å²) < 4.78 is 1.61. The van der Waals surface area contributed by atoms with Gasteiger partial charge in [0.2, 0.25) is 11.8 Å². The molecular weight excluding hydrogens is 468 g/mol. The van der Waals surface area contributed by atoms with Gasteiger partial charge in [-0.3, -0.25) is 19.4 Å². The number of guanidine groups is 1. The molecule has 10 heteroatoms. The van der Waals surface area contributed by atoms with Gasteiger partial charge >= 0.3 is 0 Å². The van der Waals surface area contributed by atoms with Gasteiger partial charge in [0.05, 0.1) is 24.2 Å². The second kappa shape index (κ2) is 9.07. The zero-order valence-electron chi connectivity index (χ0n) is 19.4. The van der Waals surface area contributed by atoms with Gasteiger partial charge in [-0.15, -0.1) is 0 Å². The van der Waals surface area contributed by atoms with E-state index in [0.29, 0.717) is 30.6 Å². The molecule has 5 rings (SSSR count). The number of aromatic nitrogens is 2. The number of imidazole rings is 1. The van der Waals surface area contributed by atoms with Gasteiger partial charge in [-0.2, -0.15) is 0 Å². The minimum atomic E-state index is -0.404. The van der Waals surface area contributed by atoms with Gasteiger partial charge in [0, 0.05) is 13.6 Å². The third kappa shape index (κ3) is 4.01. The van der Waals surface area contributed by atoms with Gasteiger partial charge in [-0.05, 0) is 36.6 Å². The molecule has 0 saturated carbocycles. The number of fused-ring (bicyclic) bond motifs is 3. The highest BCUT2D eigenvalue weighted by Gasteiger charge is 2.44. The summed E-state index contributed by atoms with van der Waals surface area (Å²) in [6, 6.07) is 14.8. The molecule has 0 aliphatic carbocycles. The monoisotopic (exact) mass is 492 g/mol. The smallest absolute Gasteiger partial charge is 0.287 e. The van der Waals surface area contributed by atoms with Crippen LogP contribution in [-0.2, 0) is 13.0 Å². The number of amides is 2. The van der Waals surface area contributed by atoms with Crippen molar-refractivity contribution >= 4 is 35.2 Å². The van der Waals surface area contributed by atoms with Crippen LogP contribution >= 0.6 is 11.6 Å². The summed E-state index contributed by atoms with van der Waals surface area (Å²) in [6.07, 6.45) is 0.733. The van der Waals surface area contributed by atoms with Crippen LogP contribution in [0.4, 0.5) is 5.82 Å². The van der Waals surface area contributed by atoms with Gasteiger partial charge in [0.1, 0.15) is 5.75 Å². The van der Waals surface area contributed by atoms with E-state index in [1.165, 1.54) is 13.1 Å². The van der Waals surface area contributed by atoms with E-state index in [0.717, 1.165) is 17.5 Å². The molecule has 3 heterocycles. The van der Waals surface area contributed by atoms with Gasteiger partial charge in [0.25, 0.3) is 11.8 Å². The highest BCUT2D eigenvalue weighted by molar-refractivity contribution is 6.32. The molecule has 9 nitrogen and oxygen atoms in total. The average molecular weight is 493 g/mol. The van der Waals surface area contributed by atoms with E-state index in [4.69, 9.17) is 16.6 Å². The summed E-state index contributed by atoms with van der Waals surface area (Å²) in [7, 11) is 1.52. The summed E-state index contributed by atoms with van der Waals surface area (Å²) in [5.41, 5.74) is 2.21. The largest absolute Gasteiger partial charge is 0.506 e. The summed E-state index contributed by atoms with van der Waals surface area (Å²) in [6.45, 7) is 3.06. The predicted octanol–water partition coefficient (Wildman–Crippen LogP) is 2.91. The van der Waals surface area contributed by atoms with Crippen molar-refractivity contribution in [2.45, 2.75) is 25.9 Å². The van der Waals surface area contributed by atoms with Crippen molar-refractivity contribution in [1.29, 1.82) is 0 Å². The number of hydrogen-bond acceptors (Lipinski definition) is 6. The molecule has 2 N–H and O–H groups in total. The van der Waals surface area contributed by atoms with Crippen LogP contribution < -0.4 is 10.2 Å². The van der Waals surface area contributed by atoms with Crippen molar-refractivity contribution in [3.63, 3.8) is 0 Å². The van der Waals surface area contributed by atoms with Crippen LogP contribution in [0.15, 0.2) is 53.5 Å². The summed E-state index contributed by atoms with van der Waals surface area (Å²) in [5, 5.41) is 12.6. The molecule has 0 fully saturated rings. The standard InChI is InChI=1S/C25H25ClN6O3/c1-3-30-24(35)20-21(32-14-17(28-25(30)32)11-15-7-5-4-6-8-15)29-22(23(34)27-2)31(20)13-16-9-10-19(33)18(26)12-16/h4-10,12,17,33H,3,11,13-14H2,1-2H3,(H,27,34)/t17-/m1/s1.